The minimum atomic E-state index is -4.53. The second-order valence-electron chi connectivity index (χ2n) is 2.84. The summed E-state index contributed by atoms with van der Waals surface area (Å²) in [5, 5.41) is -0.0934. The lowest BCUT2D eigenvalue weighted by Crippen LogP contribution is -2.19. The fraction of sp³-hybridized carbons (Fsp3) is 0.250. The van der Waals surface area contributed by atoms with E-state index >= 15 is 0 Å². The summed E-state index contributed by atoms with van der Waals surface area (Å²) in [5.74, 6) is -0.387. The van der Waals surface area contributed by atoms with Crippen LogP contribution in [0.2, 0.25) is 10.0 Å². The number of hydrogen-bond donors (Lipinski definition) is 0. The van der Waals surface area contributed by atoms with Crippen molar-refractivity contribution in [2.45, 2.75) is 11.1 Å². The van der Waals surface area contributed by atoms with E-state index < -0.39 is 22.8 Å². The van der Waals surface area contributed by atoms with Gasteiger partial charge in [-0.25, -0.2) is 4.21 Å². The predicted octanol–water partition coefficient (Wildman–Crippen LogP) is 4.20. The van der Waals surface area contributed by atoms with E-state index in [-0.39, 0.29) is 20.7 Å². The molecule has 9 heteroatoms. The molecule has 0 radical (unpaired) electrons. The molecule has 0 aliphatic carbocycles. The highest BCUT2D eigenvalue weighted by Crippen LogP contribution is 2.36. The zero-order valence-electron chi connectivity index (χ0n) is 7.85. The average molecular weight is 328 g/mol. The molecular weight excluding hydrogens is 324 g/mol. The highest BCUT2D eigenvalue weighted by atomic mass is 35.7. The van der Waals surface area contributed by atoms with E-state index in [0.29, 0.717) is 0 Å². The lowest BCUT2D eigenvalue weighted by atomic mass is 10.3. The summed E-state index contributed by atoms with van der Waals surface area (Å²) in [4.78, 5) is -0.201. The maximum absolute atomic E-state index is 12.0. The van der Waals surface area contributed by atoms with Gasteiger partial charge >= 0.3 is 6.18 Å². The molecule has 17 heavy (non-hydrogen) atoms. The topological polar surface area (TPSA) is 26.3 Å². The second-order valence-corrected chi connectivity index (χ2v) is 5.41. The molecule has 0 spiro atoms. The summed E-state index contributed by atoms with van der Waals surface area (Å²) in [5.41, 5.74) is 0. The third-order valence-electron chi connectivity index (χ3n) is 1.53. The van der Waals surface area contributed by atoms with E-state index in [1.807, 2.05) is 0 Å². The normalized spacial score (nSPS) is 13.5. The van der Waals surface area contributed by atoms with Crippen molar-refractivity contribution in [3.05, 3.63) is 22.2 Å². The van der Waals surface area contributed by atoms with Gasteiger partial charge in [-0.3, -0.25) is 0 Å². The SMILES string of the molecule is O=S(Cl)c1cc(Cl)cc(Cl)c1OCC(F)(F)F. The first-order valence-corrected chi connectivity index (χ1v) is 6.70. The summed E-state index contributed by atoms with van der Waals surface area (Å²) in [6.07, 6.45) is -4.53. The van der Waals surface area contributed by atoms with Gasteiger partial charge in [0.1, 0.15) is 0 Å². The highest BCUT2D eigenvalue weighted by Gasteiger charge is 2.30. The molecule has 96 valence electrons. The Morgan fingerprint density at radius 1 is 1.29 bits per heavy atom. The van der Waals surface area contributed by atoms with Crippen molar-refractivity contribution in [3.8, 4) is 5.75 Å². The molecule has 0 saturated carbocycles. The minimum Gasteiger partial charge on any atom is -0.481 e. The molecule has 0 fully saturated rings. The van der Waals surface area contributed by atoms with Gasteiger partial charge in [-0.05, 0) is 22.8 Å². The van der Waals surface area contributed by atoms with E-state index in [4.69, 9.17) is 33.9 Å². The van der Waals surface area contributed by atoms with Gasteiger partial charge in [-0.15, -0.1) is 0 Å². The zero-order chi connectivity index (χ0) is 13.2. The predicted molar refractivity (Wildman–Crippen MR) is 60.3 cm³/mol. The second kappa shape index (κ2) is 5.65. The molecule has 1 aromatic rings. The first kappa shape index (κ1) is 14.9. The van der Waals surface area contributed by atoms with Crippen molar-refractivity contribution in [3.63, 3.8) is 0 Å². The maximum atomic E-state index is 12.0. The molecule has 1 unspecified atom stereocenters. The van der Waals surface area contributed by atoms with Crippen molar-refractivity contribution >= 4 is 43.9 Å². The molecule has 0 aliphatic heterocycles. The van der Waals surface area contributed by atoms with Crippen molar-refractivity contribution < 1.29 is 22.1 Å². The highest BCUT2D eigenvalue weighted by molar-refractivity contribution is 8.08. The van der Waals surface area contributed by atoms with Crippen molar-refractivity contribution in [2.75, 3.05) is 6.61 Å². The largest absolute Gasteiger partial charge is 0.481 e. The quantitative estimate of drug-likeness (QED) is 0.778. The standard InChI is InChI=1S/C8H4Cl3F3O2S/c9-4-1-5(10)7(6(2-4)17(11)15)16-3-8(12,13)14/h1-2H,3H2. The van der Waals surface area contributed by atoms with Crippen LogP contribution in [0.4, 0.5) is 13.2 Å². The van der Waals surface area contributed by atoms with Crippen LogP contribution in [0, 0.1) is 0 Å². The van der Waals surface area contributed by atoms with Gasteiger partial charge in [0, 0.05) is 5.02 Å². The zero-order valence-corrected chi connectivity index (χ0v) is 10.9. The molecule has 0 aliphatic rings. The van der Waals surface area contributed by atoms with Gasteiger partial charge in [0.2, 0.25) is 0 Å². The van der Waals surface area contributed by atoms with Crippen LogP contribution in [-0.2, 0) is 10.0 Å². The summed E-state index contributed by atoms with van der Waals surface area (Å²) in [6, 6.07) is 2.30. The minimum absolute atomic E-state index is 0.0957. The van der Waals surface area contributed by atoms with Gasteiger partial charge in [-0.2, -0.15) is 13.2 Å². The molecule has 0 bridgehead atoms. The summed E-state index contributed by atoms with van der Waals surface area (Å²) < 4.78 is 51.5. The third-order valence-corrected chi connectivity index (χ3v) is 3.17. The third kappa shape index (κ3) is 4.54. The number of benzene rings is 1. The summed E-state index contributed by atoms with van der Waals surface area (Å²) in [7, 11) is 3.22. The molecule has 1 aromatic carbocycles. The first-order chi connectivity index (χ1) is 7.70. The monoisotopic (exact) mass is 326 g/mol. The lowest BCUT2D eigenvalue weighted by molar-refractivity contribution is -0.153. The summed E-state index contributed by atoms with van der Waals surface area (Å²) in [6.45, 7) is -1.56. The molecule has 1 rings (SSSR count). The van der Waals surface area contributed by atoms with Crippen molar-refractivity contribution in [2.24, 2.45) is 0 Å². The van der Waals surface area contributed by atoms with Crippen LogP contribution in [0.1, 0.15) is 0 Å². The Morgan fingerprint density at radius 2 is 1.88 bits per heavy atom. The smallest absolute Gasteiger partial charge is 0.422 e. The fourth-order valence-electron chi connectivity index (χ4n) is 0.950. The van der Waals surface area contributed by atoms with E-state index in [1.54, 1.807) is 0 Å². The van der Waals surface area contributed by atoms with Gasteiger partial charge in [0.05, 0.1) is 9.92 Å². The van der Waals surface area contributed by atoms with Crippen LogP contribution in [-0.4, -0.2) is 17.0 Å². The number of rotatable bonds is 3. The Labute approximate surface area is 112 Å². The van der Waals surface area contributed by atoms with Crippen LogP contribution in [0.3, 0.4) is 0 Å². The molecule has 2 nitrogen and oxygen atoms in total. The molecule has 0 amide bonds. The Kier molecular flexibility index (Phi) is 4.95. The van der Waals surface area contributed by atoms with E-state index in [2.05, 4.69) is 4.74 Å². The Bertz CT molecular complexity index is 450. The molecule has 0 aromatic heterocycles. The molecule has 1 atom stereocenters. The van der Waals surface area contributed by atoms with Crippen LogP contribution < -0.4 is 4.74 Å². The van der Waals surface area contributed by atoms with Crippen LogP contribution in [0.15, 0.2) is 17.0 Å². The van der Waals surface area contributed by atoms with Crippen LogP contribution in [0.5, 0.6) is 5.75 Å². The lowest BCUT2D eigenvalue weighted by Gasteiger charge is -2.13. The van der Waals surface area contributed by atoms with E-state index in [0.717, 1.165) is 6.07 Å². The number of halogens is 6. The van der Waals surface area contributed by atoms with E-state index in [9.17, 15) is 17.4 Å². The average Bonchev–Trinajstić information content (AvgIpc) is 2.13. The fourth-order valence-corrected chi connectivity index (χ4v) is 2.50. The molecular formula is C8H4Cl3F3O2S. The van der Waals surface area contributed by atoms with Crippen molar-refractivity contribution in [1.29, 1.82) is 0 Å². The van der Waals surface area contributed by atoms with Gasteiger partial charge in [-0.1, -0.05) is 23.2 Å². The Hall–Kier alpha value is -0.170. The van der Waals surface area contributed by atoms with Crippen LogP contribution in [0.25, 0.3) is 0 Å². The maximum Gasteiger partial charge on any atom is 0.422 e. The summed E-state index contributed by atoms with van der Waals surface area (Å²) >= 11 is 11.2. The number of hydrogen-bond acceptors (Lipinski definition) is 2. The Balaban J connectivity index is 3.09. The van der Waals surface area contributed by atoms with Crippen molar-refractivity contribution in [1.82, 2.24) is 0 Å². The first-order valence-electron chi connectivity index (χ1n) is 3.97. The number of ether oxygens (including phenoxy) is 1. The van der Waals surface area contributed by atoms with E-state index in [1.165, 1.54) is 6.07 Å². The molecule has 0 heterocycles. The molecule has 0 N–H and O–H groups in total. The van der Waals surface area contributed by atoms with Gasteiger partial charge < -0.3 is 4.74 Å². The van der Waals surface area contributed by atoms with Gasteiger partial charge in [0.25, 0.3) is 0 Å². The van der Waals surface area contributed by atoms with Crippen LogP contribution >= 0.6 is 33.9 Å². The Morgan fingerprint density at radius 3 is 2.35 bits per heavy atom. The number of alkyl halides is 3. The molecule has 0 saturated heterocycles. The van der Waals surface area contributed by atoms with Gasteiger partial charge in [0.15, 0.2) is 22.4 Å².